The van der Waals surface area contributed by atoms with E-state index in [-0.39, 0.29) is 47.2 Å². The van der Waals surface area contributed by atoms with Gasteiger partial charge in [-0.15, -0.1) is 13.2 Å². The Kier molecular flexibility index (Phi) is 9.50. The number of carbonyl (C=O) groups excluding carboxylic acids is 3. The molecular formula is C38H45F5N4O6. The number of rotatable bonds is 8. The van der Waals surface area contributed by atoms with Crippen molar-refractivity contribution in [2.45, 2.75) is 117 Å². The lowest BCUT2D eigenvalue weighted by Gasteiger charge is -2.26. The lowest BCUT2D eigenvalue weighted by Crippen LogP contribution is -2.36. The molecule has 2 aromatic heterocycles. The van der Waals surface area contributed by atoms with Crippen LogP contribution in [0.3, 0.4) is 0 Å². The van der Waals surface area contributed by atoms with Crippen LogP contribution in [0.4, 0.5) is 37.2 Å². The summed E-state index contributed by atoms with van der Waals surface area (Å²) in [4.78, 5) is 44.6. The number of piperidine rings is 1. The third-order valence-electron chi connectivity index (χ3n) is 9.47. The number of alkyl halides is 3. The first-order valence-electron chi connectivity index (χ1n) is 17.8. The Bertz CT molecular complexity index is 1980. The van der Waals surface area contributed by atoms with E-state index in [1.165, 1.54) is 6.92 Å². The van der Waals surface area contributed by atoms with Crippen LogP contribution in [0.25, 0.3) is 22.2 Å². The number of anilines is 1. The number of Topliss-reactive ketones (excluding diaryl/α,β-unsaturated/α-hetero) is 1. The highest BCUT2D eigenvalue weighted by Gasteiger charge is 2.59. The maximum atomic E-state index is 17.4. The lowest BCUT2D eigenvalue weighted by molar-refractivity contribution is -0.275. The van der Waals surface area contributed by atoms with Gasteiger partial charge in [0.2, 0.25) is 0 Å². The fourth-order valence-electron chi connectivity index (χ4n) is 7.49. The quantitative estimate of drug-likeness (QED) is 0.229. The van der Waals surface area contributed by atoms with Gasteiger partial charge in [0.15, 0.2) is 17.4 Å². The van der Waals surface area contributed by atoms with E-state index in [4.69, 9.17) is 9.47 Å². The number of ketones is 1. The molecule has 2 aliphatic carbocycles. The largest absolute Gasteiger partial charge is 0.573 e. The summed E-state index contributed by atoms with van der Waals surface area (Å²) in [5.74, 6) is -4.56. The molecule has 0 radical (unpaired) electrons. The minimum absolute atomic E-state index is 0.00530. The maximum Gasteiger partial charge on any atom is 0.573 e. The zero-order chi connectivity index (χ0) is 39.1. The van der Waals surface area contributed by atoms with Gasteiger partial charge in [-0.25, -0.2) is 23.4 Å². The molecule has 6 rings (SSSR count). The van der Waals surface area contributed by atoms with Gasteiger partial charge in [0.1, 0.15) is 22.7 Å². The number of pyridine rings is 1. The highest BCUT2D eigenvalue weighted by atomic mass is 19.4. The Hall–Kier alpha value is -4.43. The van der Waals surface area contributed by atoms with Crippen molar-refractivity contribution in [3.8, 4) is 17.0 Å². The van der Waals surface area contributed by atoms with Crippen LogP contribution in [0.5, 0.6) is 5.75 Å². The first-order chi connectivity index (χ1) is 24.4. The average molecular weight is 749 g/mol. The summed E-state index contributed by atoms with van der Waals surface area (Å²) in [6.07, 6.45) is -5.47. The second kappa shape index (κ2) is 13.2. The number of hydrogen-bond acceptors (Lipinski definition) is 7. The Labute approximate surface area is 304 Å². The van der Waals surface area contributed by atoms with Crippen molar-refractivity contribution in [1.82, 2.24) is 14.5 Å². The van der Waals surface area contributed by atoms with Crippen LogP contribution >= 0.6 is 0 Å². The highest BCUT2D eigenvalue weighted by molar-refractivity contribution is 5.95. The van der Waals surface area contributed by atoms with E-state index in [0.29, 0.717) is 48.8 Å². The van der Waals surface area contributed by atoms with Crippen LogP contribution < -0.4 is 10.1 Å². The molecule has 2 unspecified atom stereocenters. The lowest BCUT2D eigenvalue weighted by atomic mass is 9.94. The van der Waals surface area contributed by atoms with E-state index >= 15 is 8.78 Å². The topological polar surface area (TPSA) is 112 Å². The fourth-order valence-corrected chi connectivity index (χ4v) is 7.49. The fraction of sp³-hybridized carbons (Fsp3) is 0.579. The van der Waals surface area contributed by atoms with Crippen molar-refractivity contribution in [2.24, 2.45) is 11.8 Å². The number of aromatic nitrogens is 2. The molecule has 2 amide bonds. The minimum Gasteiger partial charge on any atom is -0.444 e. The van der Waals surface area contributed by atoms with Gasteiger partial charge in [0.05, 0.1) is 16.8 Å². The number of amides is 2. The van der Waals surface area contributed by atoms with Gasteiger partial charge in [0.25, 0.3) is 0 Å². The van der Waals surface area contributed by atoms with Crippen molar-refractivity contribution >= 4 is 34.6 Å². The number of carbonyl (C=O) groups is 3. The van der Waals surface area contributed by atoms with Gasteiger partial charge in [-0.3, -0.25) is 10.1 Å². The van der Waals surface area contributed by atoms with Crippen LogP contribution in [-0.2, 0) is 20.7 Å². The molecule has 288 valence electrons. The number of nitrogens with zero attached hydrogens (tertiary/aromatic N) is 3. The number of ether oxygens (including phenoxy) is 3. The Morgan fingerprint density at radius 1 is 0.962 bits per heavy atom. The molecule has 3 aromatic rings. The summed E-state index contributed by atoms with van der Waals surface area (Å²) in [6, 6.07) is 1.40. The Balaban J connectivity index is 1.55. The second-order valence-electron chi connectivity index (χ2n) is 16.6. The summed E-state index contributed by atoms with van der Waals surface area (Å²) in [5.41, 5.74) is -1.47. The van der Waals surface area contributed by atoms with Crippen LogP contribution in [0.1, 0.15) is 110 Å². The number of hydrogen-bond donors (Lipinski definition) is 1. The molecular weight excluding hydrogens is 703 g/mol. The van der Waals surface area contributed by atoms with E-state index in [1.807, 2.05) is 0 Å². The number of benzene rings is 1. The maximum absolute atomic E-state index is 17.4. The zero-order valence-corrected chi connectivity index (χ0v) is 31.3. The van der Waals surface area contributed by atoms with E-state index < -0.39 is 64.3 Å². The molecule has 3 aliphatic rings. The number of nitrogens with one attached hydrogen (secondary N) is 1. The molecule has 10 nitrogen and oxygen atoms in total. The van der Waals surface area contributed by atoms with Crippen molar-refractivity contribution in [3.63, 3.8) is 0 Å². The number of halogens is 5. The highest BCUT2D eigenvalue weighted by Crippen LogP contribution is 2.62. The smallest absolute Gasteiger partial charge is 0.444 e. The van der Waals surface area contributed by atoms with Gasteiger partial charge in [0, 0.05) is 48.4 Å². The first kappa shape index (κ1) is 38.3. The summed E-state index contributed by atoms with van der Waals surface area (Å²) >= 11 is 0. The van der Waals surface area contributed by atoms with Crippen molar-refractivity contribution in [2.75, 3.05) is 18.4 Å². The summed E-state index contributed by atoms with van der Waals surface area (Å²) in [5, 5.41) is 2.78. The zero-order valence-electron chi connectivity index (χ0n) is 31.3. The molecule has 1 saturated heterocycles. The van der Waals surface area contributed by atoms with E-state index in [9.17, 15) is 27.6 Å². The Morgan fingerprint density at radius 3 is 2.08 bits per heavy atom. The predicted molar refractivity (Wildman–Crippen MR) is 186 cm³/mol. The molecule has 1 N–H and O–H groups in total. The van der Waals surface area contributed by atoms with Gasteiger partial charge >= 0.3 is 18.5 Å². The molecule has 2 saturated carbocycles. The molecule has 1 aliphatic heterocycles. The second-order valence-corrected chi connectivity index (χ2v) is 16.6. The van der Waals surface area contributed by atoms with Gasteiger partial charge in [-0.2, -0.15) is 0 Å². The third kappa shape index (κ3) is 7.94. The minimum atomic E-state index is -5.36. The SMILES string of the molecule is CC(=O)Cc1c(C2C3CN(C(=O)OC(C)(C)C)CC32)c2c(C(C)C)nc(-c3cc(NC(=O)OC(C)(C)C)cc(F)c3OC(F)(F)F)c(F)c2n1C1CC1. The van der Waals surface area contributed by atoms with Crippen molar-refractivity contribution in [1.29, 1.82) is 0 Å². The number of likely N-dealkylation sites (tertiary alicyclic amines) is 1. The summed E-state index contributed by atoms with van der Waals surface area (Å²) in [6.45, 7) is 16.0. The monoisotopic (exact) mass is 748 g/mol. The number of fused-ring (bicyclic) bond motifs is 2. The molecule has 53 heavy (non-hydrogen) atoms. The molecule has 3 fully saturated rings. The van der Waals surface area contributed by atoms with Crippen molar-refractivity contribution < 1.29 is 50.5 Å². The van der Waals surface area contributed by atoms with Crippen molar-refractivity contribution in [3.05, 3.63) is 40.7 Å². The molecule has 0 bridgehead atoms. The van der Waals surface area contributed by atoms with Crippen LogP contribution in [0, 0.1) is 23.5 Å². The standard InChI is InChI=1S/C38H45F5N4O6/c1-17(2)30-28-27(26-22-15-46(16-23(22)26)35(50)53-37(7,8)9)25(12-18(3)48)47(20-10-11-20)32(28)29(40)31(45-30)21-13-19(44-34(49)52-36(4,5)6)14-24(39)33(21)51-38(41,42)43/h13-14,17,20,22-23,26H,10-12,15-16H2,1-9H3,(H,44,49). The van der Waals surface area contributed by atoms with Gasteiger partial charge in [-0.1, -0.05) is 13.8 Å². The van der Waals surface area contributed by atoms with Crippen LogP contribution in [-0.4, -0.2) is 63.1 Å². The molecule has 3 heterocycles. The average Bonchev–Trinajstić information content (AvgIpc) is 3.86. The summed E-state index contributed by atoms with van der Waals surface area (Å²) < 4.78 is 91.0. The Morgan fingerprint density at radius 2 is 1.57 bits per heavy atom. The molecule has 0 spiro atoms. The van der Waals surface area contributed by atoms with E-state index in [2.05, 4.69) is 15.0 Å². The molecule has 2 atom stereocenters. The molecule has 1 aromatic carbocycles. The predicted octanol–water partition coefficient (Wildman–Crippen LogP) is 9.40. The summed E-state index contributed by atoms with van der Waals surface area (Å²) in [7, 11) is 0. The third-order valence-corrected chi connectivity index (χ3v) is 9.47. The molecule has 15 heteroatoms. The normalized spacial score (nSPS) is 20.1. The van der Waals surface area contributed by atoms with Gasteiger partial charge in [-0.05, 0) is 96.6 Å². The first-order valence-corrected chi connectivity index (χ1v) is 17.8. The van der Waals surface area contributed by atoms with E-state index in [1.54, 1.807) is 64.9 Å². The van der Waals surface area contributed by atoms with E-state index in [0.717, 1.165) is 11.6 Å². The van der Waals surface area contributed by atoms with Crippen LogP contribution in [0.15, 0.2) is 12.1 Å². The van der Waals surface area contributed by atoms with Crippen LogP contribution in [0.2, 0.25) is 0 Å². The van der Waals surface area contributed by atoms with Gasteiger partial charge < -0.3 is 23.7 Å².